The van der Waals surface area contributed by atoms with Crippen LogP contribution in [-0.2, 0) is 6.54 Å². The number of aromatic carboxylic acids is 1. The summed E-state index contributed by atoms with van der Waals surface area (Å²) in [4.78, 5) is 23.1. The molecule has 1 heterocycles. The largest absolute Gasteiger partial charge is 0.477 e. The molecule has 0 unspecified atom stereocenters. The molecule has 0 spiro atoms. The van der Waals surface area contributed by atoms with Gasteiger partial charge in [0.25, 0.3) is 0 Å². The molecule has 96 valence electrons. The molecule has 1 aromatic carbocycles. The summed E-state index contributed by atoms with van der Waals surface area (Å²) in [6, 6.07) is 1.28. The molecule has 0 amide bonds. The topological polar surface area (TPSA) is 85.3 Å². The van der Waals surface area contributed by atoms with Crippen molar-refractivity contribution in [3.05, 3.63) is 33.9 Å². The van der Waals surface area contributed by atoms with E-state index >= 15 is 0 Å². The summed E-state index contributed by atoms with van der Waals surface area (Å²) in [5.74, 6) is -2.29. The molecule has 0 fully saturated rings. The minimum atomic E-state index is -1.38. The first-order chi connectivity index (χ1) is 8.88. The Bertz CT molecular complexity index is 755. The fourth-order valence-electron chi connectivity index (χ4n) is 1.98. The van der Waals surface area contributed by atoms with Gasteiger partial charge in [-0.3, -0.25) is 4.79 Å². The summed E-state index contributed by atoms with van der Waals surface area (Å²) in [6.45, 7) is 2.15. The van der Waals surface area contributed by atoms with E-state index in [1.54, 1.807) is 6.92 Å². The monoisotopic (exact) mass is 260 g/mol. The lowest BCUT2D eigenvalue weighted by Gasteiger charge is -2.13. The molecular formula is C12H10BFN2O3. The molecule has 7 heteroatoms. The van der Waals surface area contributed by atoms with Gasteiger partial charge in [-0.15, -0.1) is 0 Å². The number of aromatic nitrogens is 1. The number of rotatable bonds is 2. The smallest absolute Gasteiger partial charge is 0.341 e. The minimum Gasteiger partial charge on any atom is -0.477 e. The normalized spacial score (nSPS) is 10.8. The molecule has 0 atom stereocenters. The lowest BCUT2D eigenvalue weighted by atomic mass is 9.92. The SMILES string of the molecule is [B]c1cc2c(c(N)c1F)c(=O)c(C(=O)O)cn2CC. The number of nitrogens with zero attached hydrogens (tertiary/aromatic N) is 1. The van der Waals surface area contributed by atoms with Crippen molar-refractivity contribution in [3.8, 4) is 0 Å². The number of fused-ring (bicyclic) bond motifs is 1. The zero-order valence-corrected chi connectivity index (χ0v) is 10.1. The molecule has 0 saturated carbocycles. The van der Waals surface area contributed by atoms with Gasteiger partial charge in [0.05, 0.1) is 16.6 Å². The number of anilines is 1. The van der Waals surface area contributed by atoms with Crippen molar-refractivity contribution < 1.29 is 14.3 Å². The number of hydrogen-bond donors (Lipinski definition) is 2. The van der Waals surface area contributed by atoms with Gasteiger partial charge in [-0.25, -0.2) is 9.18 Å². The van der Waals surface area contributed by atoms with Crippen molar-refractivity contribution in [2.45, 2.75) is 13.5 Å². The number of nitrogens with two attached hydrogens (primary N) is 1. The first-order valence-electron chi connectivity index (χ1n) is 5.52. The number of pyridine rings is 1. The Labute approximate surface area is 108 Å². The number of aryl methyl sites for hydroxylation is 1. The second-order valence-electron chi connectivity index (χ2n) is 4.05. The summed E-state index contributed by atoms with van der Waals surface area (Å²) in [5, 5.41) is 8.83. The number of hydrogen-bond acceptors (Lipinski definition) is 3. The number of halogens is 1. The molecule has 0 aliphatic heterocycles. The summed E-state index contributed by atoms with van der Waals surface area (Å²) < 4.78 is 15.2. The van der Waals surface area contributed by atoms with Crippen LogP contribution in [0.4, 0.5) is 10.1 Å². The van der Waals surface area contributed by atoms with Crippen LogP contribution in [-0.4, -0.2) is 23.5 Å². The Morgan fingerprint density at radius 2 is 2.21 bits per heavy atom. The Morgan fingerprint density at radius 3 is 2.74 bits per heavy atom. The minimum absolute atomic E-state index is 0.159. The highest BCUT2D eigenvalue weighted by atomic mass is 19.1. The van der Waals surface area contributed by atoms with Crippen LogP contribution >= 0.6 is 0 Å². The van der Waals surface area contributed by atoms with Gasteiger partial charge in [-0.1, -0.05) is 5.46 Å². The van der Waals surface area contributed by atoms with E-state index in [2.05, 4.69) is 0 Å². The standard InChI is InChI=1S/C12H10BFN2O3/c1-2-16-4-5(12(18)19)11(17)8-7(16)3-6(13)9(14)10(8)15/h3-4H,2,15H2,1H3,(H,18,19). The van der Waals surface area contributed by atoms with Crippen LogP contribution in [0.1, 0.15) is 17.3 Å². The van der Waals surface area contributed by atoms with Gasteiger partial charge in [0.1, 0.15) is 19.2 Å². The Kier molecular flexibility index (Phi) is 3.05. The summed E-state index contributed by atoms with van der Waals surface area (Å²) >= 11 is 0. The quantitative estimate of drug-likeness (QED) is 0.598. The van der Waals surface area contributed by atoms with Crippen LogP contribution in [0, 0.1) is 5.82 Å². The van der Waals surface area contributed by atoms with Crippen molar-refractivity contribution in [1.82, 2.24) is 4.57 Å². The predicted octanol–water partition coefficient (Wildman–Crippen LogP) is 0.235. The van der Waals surface area contributed by atoms with E-state index in [0.29, 0.717) is 12.1 Å². The first-order valence-corrected chi connectivity index (χ1v) is 5.52. The highest BCUT2D eigenvalue weighted by Crippen LogP contribution is 2.20. The summed E-state index contributed by atoms with van der Waals surface area (Å²) in [7, 11) is 5.47. The third kappa shape index (κ3) is 1.87. The maximum atomic E-state index is 13.7. The fraction of sp³-hybridized carbons (Fsp3) is 0.167. The molecule has 19 heavy (non-hydrogen) atoms. The number of nitrogen functional groups attached to an aromatic ring is 1. The van der Waals surface area contributed by atoms with Gasteiger partial charge >= 0.3 is 5.97 Å². The Morgan fingerprint density at radius 1 is 1.58 bits per heavy atom. The second kappa shape index (κ2) is 4.42. The van der Waals surface area contributed by atoms with Crippen molar-refractivity contribution in [1.29, 1.82) is 0 Å². The van der Waals surface area contributed by atoms with E-state index in [-0.39, 0.29) is 10.8 Å². The van der Waals surface area contributed by atoms with Crippen molar-refractivity contribution in [2.75, 3.05) is 5.73 Å². The van der Waals surface area contributed by atoms with E-state index in [1.165, 1.54) is 16.8 Å². The Hall–Kier alpha value is -2.31. The lowest BCUT2D eigenvalue weighted by Crippen LogP contribution is -2.23. The van der Waals surface area contributed by atoms with Gasteiger partial charge in [-0.05, 0) is 13.0 Å². The van der Waals surface area contributed by atoms with Crippen LogP contribution in [0.25, 0.3) is 10.9 Å². The van der Waals surface area contributed by atoms with E-state index in [0.717, 1.165) is 0 Å². The van der Waals surface area contributed by atoms with Crippen LogP contribution in [0.2, 0.25) is 0 Å². The van der Waals surface area contributed by atoms with Gasteiger partial charge in [-0.2, -0.15) is 0 Å². The molecule has 0 aliphatic carbocycles. The predicted molar refractivity (Wildman–Crippen MR) is 70.6 cm³/mol. The van der Waals surface area contributed by atoms with E-state index in [1.807, 2.05) is 0 Å². The zero-order chi connectivity index (χ0) is 14.3. The molecular weight excluding hydrogens is 250 g/mol. The van der Waals surface area contributed by atoms with Crippen molar-refractivity contribution in [3.63, 3.8) is 0 Å². The molecule has 2 rings (SSSR count). The number of carboxylic acids is 1. The first kappa shape index (κ1) is 13.1. The zero-order valence-electron chi connectivity index (χ0n) is 10.1. The molecule has 3 N–H and O–H groups in total. The van der Waals surface area contributed by atoms with Crippen LogP contribution in [0.5, 0.6) is 0 Å². The van der Waals surface area contributed by atoms with Gasteiger partial charge in [0.2, 0.25) is 5.43 Å². The maximum absolute atomic E-state index is 13.7. The molecule has 2 radical (unpaired) electrons. The summed E-state index contributed by atoms with van der Waals surface area (Å²) in [6.07, 6.45) is 1.20. The molecule has 0 saturated heterocycles. The molecule has 0 bridgehead atoms. The molecule has 1 aromatic heterocycles. The third-order valence-electron chi connectivity index (χ3n) is 2.94. The maximum Gasteiger partial charge on any atom is 0.341 e. The number of benzene rings is 1. The average Bonchev–Trinajstić information content (AvgIpc) is 2.35. The average molecular weight is 260 g/mol. The Balaban J connectivity index is 3.09. The van der Waals surface area contributed by atoms with E-state index in [9.17, 15) is 14.0 Å². The van der Waals surface area contributed by atoms with Crippen LogP contribution < -0.4 is 16.6 Å². The van der Waals surface area contributed by atoms with Crippen LogP contribution in [0.15, 0.2) is 17.1 Å². The fourth-order valence-corrected chi connectivity index (χ4v) is 1.98. The molecule has 0 aliphatic rings. The van der Waals surface area contributed by atoms with Gasteiger partial charge in [0, 0.05) is 12.7 Å². The second-order valence-corrected chi connectivity index (χ2v) is 4.05. The van der Waals surface area contributed by atoms with Crippen molar-refractivity contribution in [2.24, 2.45) is 0 Å². The summed E-state index contributed by atoms with van der Waals surface area (Å²) in [5.41, 5.74) is 3.98. The van der Waals surface area contributed by atoms with Gasteiger partial charge < -0.3 is 15.4 Å². The van der Waals surface area contributed by atoms with Crippen LogP contribution in [0.3, 0.4) is 0 Å². The molecule has 5 nitrogen and oxygen atoms in total. The number of carbonyl (C=O) groups is 1. The third-order valence-corrected chi connectivity index (χ3v) is 2.94. The highest BCUT2D eigenvalue weighted by Gasteiger charge is 2.18. The van der Waals surface area contributed by atoms with E-state index < -0.39 is 28.5 Å². The molecule has 2 aromatic rings. The lowest BCUT2D eigenvalue weighted by molar-refractivity contribution is 0.0695. The highest BCUT2D eigenvalue weighted by molar-refractivity contribution is 6.34. The number of carboxylic acid groups (broad SMARTS) is 1. The van der Waals surface area contributed by atoms with Crippen molar-refractivity contribution >= 4 is 35.9 Å². The van der Waals surface area contributed by atoms with Gasteiger partial charge in [0.15, 0.2) is 0 Å². The van der Waals surface area contributed by atoms with E-state index in [4.69, 9.17) is 18.7 Å².